The second-order valence-electron chi connectivity index (χ2n) is 2.81. The van der Waals surface area contributed by atoms with Crippen LogP contribution in [0.3, 0.4) is 0 Å². The predicted octanol–water partition coefficient (Wildman–Crippen LogP) is -0.999. The van der Waals surface area contributed by atoms with Gasteiger partial charge in [0.15, 0.2) is 0 Å². The number of likely N-dealkylation sites (N-methyl/N-ethyl adjacent to an activating group) is 1. The van der Waals surface area contributed by atoms with E-state index in [0.29, 0.717) is 6.54 Å². The molecule has 4 nitrogen and oxygen atoms in total. The van der Waals surface area contributed by atoms with Crippen LogP contribution in [-0.4, -0.2) is 52.2 Å². The largest absolute Gasteiger partial charge is 0.394 e. The number of aliphatic hydroxyl groups excluding tert-OH is 3. The molecule has 0 unspecified atom stereocenters. The summed E-state index contributed by atoms with van der Waals surface area (Å²) in [5.74, 6) is 0. The molecule has 3 N–H and O–H groups in total. The molecule has 0 saturated heterocycles. The third-order valence-corrected chi connectivity index (χ3v) is 2.00. The molecule has 0 atom stereocenters. The summed E-state index contributed by atoms with van der Waals surface area (Å²) in [7, 11) is 0. The Balaban J connectivity index is 4.19. The third kappa shape index (κ3) is 2.41. The van der Waals surface area contributed by atoms with Gasteiger partial charge in [0.05, 0.1) is 25.5 Å². The Bertz CT molecular complexity index is 99.9. The van der Waals surface area contributed by atoms with Gasteiger partial charge in [-0.05, 0) is 13.5 Å². The monoisotopic (exact) mass is 163 g/mol. The van der Waals surface area contributed by atoms with E-state index in [2.05, 4.69) is 0 Å². The fraction of sp³-hybridized carbons (Fsp3) is 1.00. The van der Waals surface area contributed by atoms with Gasteiger partial charge in [0.1, 0.15) is 0 Å². The molecule has 0 spiro atoms. The van der Waals surface area contributed by atoms with Crippen molar-refractivity contribution in [2.24, 2.45) is 0 Å². The molecule has 0 amide bonds. The maximum absolute atomic E-state index is 8.91. The fourth-order valence-electron chi connectivity index (χ4n) is 0.902. The van der Waals surface area contributed by atoms with E-state index in [-0.39, 0.29) is 19.9 Å². The van der Waals surface area contributed by atoms with Gasteiger partial charge in [-0.15, -0.1) is 0 Å². The Labute approximate surface area is 67.1 Å². The van der Waals surface area contributed by atoms with E-state index >= 15 is 0 Å². The van der Waals surface area contributed by atoms with E-state index < -0.39 is 5.54 Å². The van der Waals surface area contributed by atoms with Crippen molar-refractivity contribution >= 4 is 0 Å². The van der Waals surface area contributed by atoms with Crippen molar-refractivity contribution in [3.05, 3.63) is 0 Å². The van der Waals surface area contributed by atoms with E-state index in [1.165, 1.54) is 0 Å². The minimum atomic E-state index is -0.705. The molecule has 0 aromatic carbocycles. The van der Waals surface area contributed by atoms with Gasteiger partial charge in [-0.2, -0.15) is 0 Å². The van der Waals surface area contributed by atoms with Crippen LogP contribution in [-0.2, 0) is 0 Å². The Kier molecular flexibility index (Phi) is 4.60. The average molecular weight is 163 g/mol. The first-order valence-corrected chi connectivity index (χ1v) is 3.72. The van der Waals surface area contributed by atoms with E-state index in [0.717, 1.165) is 0 Å². The zero-order valence-corrected chi connectivity index (χ0v) is 7.12. The summed E-state index contributed by atoms with van der Waals surface area (Å²) < 4.78 is 0. The van der Waals surface area contributed by atoms with Crippen molar-refractivity contribution < 1.29 is 15.3 Å². The van der Waals surface area contributed by atoms with Crippen LogP contribution in [0.4, 0.5) is 0 Å². The Morgan fingerprint density at radius 2 is 1.64 bits per heavy atom. The number of hydrogen-bond acceptors (Lipinski definition) is 4. The molecule has 0 aromatic heterocycles. The van der Waals surface area contributed by atoms with Crippen LogP contribution in [0.25, 0.3) is 0 Å². The molecular formula is C7H17NO3. The summed E-state index contributed by atoms with van der Waals surface area (Å²) >= 11 is 0. The van der Waals surface area contributed by atoms with E-state index in [1.54, 1.807) is 11.8 Å². The zero-order valence-electron chi connectivity index (χ0n) is 7.12. The van der Waals surface area contributed by atoms with Gasteiger partial charge in [0.2, 0.25) is 0 Å². The average Bonchev–Trinajstić information content (AvgIpc) is 2.06. The van der Waals surface area contributed by atoms with Gasteiger partial charge in [-0.1, -0.05) is 6.92 Å². The number of nitrogens with zero attached hydrogens (tertiary/aromatic N) is 1. The van der Waals surface area contributed by atoms with Gasteiger partial charge in [0, 0.05) is 0 Å². The van der Waals surface area contributed by atoms with E-state index in [4.69, 9.17) is 15.3 Å². The molecule has 0 saturated carbocycles. The number of aliphatic hydroxyl groups is 3. The molecular weight excluding hydrogens is 146 g/mol. The Hall–Kier alpha value is -0.160. The summed E-state index contributed by atoms with van der Waals surface area (Å²) in [6, 6.07) is 0. The summed E-state index contributed by atoms with van der Waals surface area (Å²) in [5.41, 5.74) is -0.705. The summed E-state index contributed by atoms with van der Waals surface area (Å²) in [6.45, 7) is 3.71. The van der Waals surface area contributed by atoms with Crippen molar-refractivity contribution in [3.63, 3.8) is 0 Å². The smallest absolute Gasteiger partial charge is 0.0962 e. The lowest BCUT2D eigenvalue weighted by atomic mass is 10.0. The standard InChI is InChI=1S/C7H17NO3/c1-3-8(6-11)7(2,4-9)5-10/h9-11H,3-6H2,1-2H3. The molecule has 68 valence electrons. The van der Waals surface area contributed by atoms with Crippen molar-refractivity contribution in [1.82, 2.24) is 4.90 Å². The normalized spacial score (nSPS) is 12.5. The highest BCUT2D eigenvalue weighted by molar-refractivity contribution is 4.82. The van der Waals surface area contributed by atoms with Gasteiger partial charge >= 0.3 is 0 Å². The lowest BCUT2D eigenvalue weighted by Gasteiger charge is -2.36. The first kappa shape index (κ1) is 10.8. The fourth-order valence-corrected chi connectivity index (χ4v) is 0.902. The van der Waals surface area contributed by atoms with Gasteiger partial charge < -0.3 is 15.3 Å². The Morgan fingerprint density at radius 3 is 1.73 bits per heavy atom. The predicted molar refractivity (Wildman–Crippen MR) is 42.0 cm³/mol. The summed E-state index contributed by atoms with van der Waals surface area (Å²) in [4.78, 5) is 1.60. The highest BCUT2D eigenvalue weighted by Gasteiger charge is 2.28. The molecule has 0 aromatic rings. The number of rotatable bonds is 5. The van der Waals surface area contributed by atoms with Gasteiger partial charge in [-0.3, -0.25) is 4.90 Å². The van der Waals surface area contributed by atoms with E-state index in [1.807, 2.05) is 6.92 Å². The maximum atomic E-state index is 8.91. The third-order valence-electron chi connectivity index (χ3n) is 2.00. The van der Waals surface area contributed by atoms with Crippen LogP contribution >= 0.6 is 0 Å². The topological polar surface area (TPSA) is 63.9 Å². The van der Waals surface area contributed by atoms with Crippen LogP contribution in [0.5, 0.6) is 0 Å². The maximum Gasteiger partial charge on any atom is 0.0962 e. The quantitative estimate of drug-likeness (QED) is 0.455. The van der Waals surface area contributed by atoms with Crippen LogP contribution < -0.4 is 0 Å². The minimum absolute atomic E-state index is 0.145. The lowest BCUT2D eigenvalue weighted by molar-refractivity contribution is -0.0426. The lowest BCUT2D eigenvalue weighted by Crippen LogP contribution is -2.52. The second-order valence-corrected chi connectivity index (χ2v) is 2.81. The van der Waals surface area contributed by atoms with E-state index in [9.17, 15) is 0 Å². The zero-order chi connectivity index (χ0) is 8.91. The second kappa shape index (κ2) is 4.66. The molecule has 0 aliphatic rings. The molecule has 0 heterocycles. The van der Waals surface area contributed by atoms with Crippen molar-refractivity contribution in [2.45, 2.75) is 19.4 Å². The van der Waals surface area contributed by atoms with Crippen molar-refractivity contribution in [1.29, 1.82) is 0 Å². The molecule has 0 radical (unpaired) electrons. The van der Waals surface area contributed by atoms with Crippen LogP contribution in [0.2, 0.25) is 0 Å². The summed E-state index contributed by atoms with van der Waals surface area (Å²) in [6.07, 6.45) is 0. The van der Waals surface area contributed by atoms with Crippen molar-refractivity contribution in [3.8, 4) is 0 Å². The molecule has 0 rings (SSSR count). The first-order chi connectivity index (χ1) is 5.14. The molecule has 0 bridgehead atoms. The van der Waals surface area contributed by atoms with Crippen LogP contribution in [0.15, 0.2) is 0 Å². The summed E-state index contributed by atoms with van der Waals surface area (Å²) in [5, 5.41) is 26.6. The van der Waals surface area contributed by atoms with Crippen LogP contribution in [0, 0.1) is 0 Å². The molecule has 0 fully saturated rings. The van der Waals surface area contributed by atoms with Crippen molar-refractivity contribution in [2.75, 3.05) is 26.5 Å². The SMILES string of the molecule is CCN(CO)C(C)(CO)CO. The molecule has 4 heteroatoms. The van der Waals surface area contributed by atoms with Crippen LogP contribution in [0.1, 0.15) is 13.8 Å². The molecule has 0 aliphatic carbocycles. The first-order valence-electron chi connectivity index (χ1n) is 3.72. The highest BCUT2D eigenvalue weighted by Crippen LogP contribution is 2.11. The molecule has 0 aliphatic heterocycles. The number of hydrogen-bond donors (Lipinski definition) is 3. The minimum Gasteiger partial charge on any atom is -0.394 e. The Morgan fingerprint density at radius 1 is 1.18 bits per heavy atom. The van der Waals surface area contributed by atoms with Gasteiger partial charge in [-0.25, -0.2) is 0 Å². The molecule has 11 heavy (non-hydrogen) atoms. The highest BCUT2D eigenvalue weighted by atomic mass is 16.3. The van der Waals surface area contributed by atoms with Gasteiger partial charge in [0.25, 0.3) is 0 Å².